The summed E-state index contributed by atoms with van der Waals surface area (Å²) in [7, 11) is 0. The molecule has 1 heterocycles. The van der Waals surface area contributed by atoms with Crippen molar-refractivity contribution in [2.75, 3.05) is 16.3 Å². The molecule has 0 spiro atoms. The lowest BCUT2D eigenvalue weighted by Crippen LogP contribution is -2.45. The smallest absolute Gasteiger partial charge is 0.247 e. The maximum absolute atomic E-state index is 13.2. The Morgan fingerprint density at radius 1 is 1.11 bits per heavy atom. The van der Waals surface area contributed by atoms with Crippen LogP contribution < -0.4 is 15.5 Å². The molecule has 1 atom stereocenters. The number of nitrogens with two attached hydrogens (primary N) is 1. The van der Waals surface area contributed by atoms with E-state index in [1.807, 2.05) is 50.2 Å². The van der Waals surface area contributed by atoms with E-state index in [1.165, 1.54) is 4.90 Å². The van der Waals surface area contributed by atoms with Gasteiger partial charge in [-0.2, -0.15) is 0 Å². The predicted molar refractivity (Wildman–Crippen MR) is 109 cm³/mol. The molecule has 0 saturated carbocycles. The molecule has 1 aliphatic heterocycles. The Morgan fingerprint density at radius 3 is 2.39 bits per heavy atom. The number of para-hydroxylation sites is 2. The maximum atomic E-state index is 13.2. The van der Waals surface area contributed by atoms with E-state index in [0.717, 1.165) is 5.69 Å². The minimum Gasteiger partial charge on any atom is -0.369 e. The summed E-state index contributed by atoms with van der Waals surface area (Å²) in [6.45, 7) is 3.78. The van der Waals surface area contributed by atoms with Crippen LogP contribution in [0.15, 0.2) is 54.6 Å². The van der Waals surface area contributed by atoms with Gasteiger partial charge >= 0.3 is 0 Å². The first-order chi connectivity index (χ1) is 13.4. The third kappa shape index (κ3) is 3.91. The first kappa shape index (κ1) is 19.6. The largest absolute Gasteiger partial charge is 0.369 e. The molecule has 28 heavy (non-hydrogen) atoms. The third-order valence-electron chi connectivity index (χ3n) is 5.01. The highest BCUT2D eigenvalue weighted by atomic mass is 16.2. The number of benzene rings is 2. The van der Waals surface area contributed by atoms with Gasteiger partial charge in [0.2, 0.25) is 17.7 Å². The highest BCUT2D eigenvalue weighted by molar-refractivity contribution is 6.05. The summed E-state index contributed by atoms with van der Waals surface area (Å²) in [5.41, 5.74) is 7.63. The van der Waals surface area contributed by atoms with Gasteiger partial charge in [-0.3, -0.25) is 14.4 Å². The van der Waals surface area contributed by atoms with Gasteiger partial charge < -0.3 is 15.5 Å². The van der Waals surface area contributed by atoms with Gasteiger partial charge in [0.15, 0.2) is 0 Å². The minimum absolute atomic E-state index is 0.0643. The zero-order valence-corrected chi connectivity index (χ0v) is 16.2. The number of carbonyl (C=O) groups is 3. The van der Waals surface area contributed by atoms with E-state index < -0.39 is 11.8 Å². The van der Waals surface area contributed by atoms with Crippen molar-refractivity contribution in [2.24, 2.45) is 5.73 Å². The summed E-state index contributed by atoms with van der Waals surface area (Å²) in [6, 6.07) is 16.5. The fourth-order valence-electron chi connectivity index (χ4n) is 3.72. The van der Waals surface area contributed by atoms with E-state index >= 15 is 0 Å². The van der Waals surface area contributed by atoms with Crippen molar-refractivity contribution < 1.29 is 14.4 Å². The van der Waals surface area contributed by atoms with E-state index in [0.29, 0.717) is 17.7 Å². The summed E-state index contributed by atoms with van der Waals surface area (Å²) in [5.74, 6) is -1.35. The second-order valence-electron chi connectivity index (χ2n) is 7.23. The monoisotopic (exact) mass is 379 g/mol. The van der Waals surface area contributed by atoms with Gasteiger partial charge in [0.25, 0.3) is 0 Å². The van der Waals surface area contributed by atoms with Crippen LogP contribution in [-0.4, -0.2) is 30.3 Å². The highest BCUT2D eigenvalue weighted by Crippen LogP contribution is 2.34. The number of hydrogen-bond donors (Lipinski definition) is 1. The number of hydrogen-bond acceptors (Lipinski definition) is 3. The van der Waals surface area contributed by atoms with Crippen molar-refractivity contribution in [3.05, 3.63) is 60.2 Å². The van der Waals surface area contributed by atoms with Gasteiger partial charge in [0, 0.05) is 23.8 Å². The summed E-state index contributed by atoms with van der Waals surface area (Å²) in [6.07, 6.45) is 0.519. The van der Waals surface area contributed by atoms with Crippen LogP contribution in [0.3, 0.4) is 0 Å². The molecule has 2 aromatic rings. The van der Waals surface area contributed by atoms with Crippen LogP contribution in [0.2, 0.25) is 0 Å². The lowest BCUT2D eigenvalue weighted by atomic mass is 9.93. The van der Waals surface area contributed by atoms with Crippen LogP contribution in [0.4, 0.5) is 11.4 Å². The molecule has 0 aliphatic carbocycles. The van der Waals surface area contributed by atoms with Crippen LogP contribution in [0, 0.1) is 0 Å². The Kier molecular flexibility index (Phi) is 5.78. The van der Waals surface area contributed by atoms with Gasteiger partial charge in [-0.1, -0.05) is 36.4 Å². The molecule has 0 aromatic heterocycles. The van der Waals surface area contributed by atoms with Crippen molar-refractivity contribution in [1.29, 1.82) is 0 Å². The van der Waals surface area contributed by atoms with E-state index in [-0.39, 0.29) is 30.8 Å². The Bertz CT molecular complexity index is 880. The van der Waals surface area contributed by atoms with Gasteiger partial charge in [-0.15, -0.1) is 0 Å². The minimum atomic E-state index is -0.532. The van der Waals surface area contributed by atoms with E-state index in [9.17, 15) is 14.4 Å². The molecule has 0 fully saturated rings. The van der Waals surface area contributed by atoms with Crippen LogP contribution in [0.25, 0.3) is 0 Å². The van der Waals surface area contributed by atoms with Crippen molar-refractivity contribution >= 4 is 29.1 Å². The number of nitrogens with zero attached hydrogens (tertiary/aromatic N) is 2. The zero-order chi connectivity index (χ0) is 20.3. The molecular formula is C22H25N3O3. The first-order valence-corrected chi connectivity index (χ1v) is 9.46. The maximum Gasteiger partial charge on any atom is 0.247 e. The number of primary amides is 1. The quantitative estimate of drug-likeness (QED) is 0.867. The number of fused-ring (bicyclic) bond motifs is 1. The van der Waals surface area contributed by atoms with Crippen LogP contribution in [0.5, 0.6) is 0 Å². The fourth-order valence-corrected chi connectivity index (χ4v) is 3.72. The molecule has 6 heteroatoms. The lowest BCUT2D eigenvalue weighted by Gasteiger charge is -2.30. The SMILES string of the molecule is CC(C)N(C(=O)CN1C(=O)CCC(C(N)=O)c2ccccc21)c1ccccc1. The van der Waals surface area contributed by atoms with Crippen molar-refractivity contribution in [1.82, 2.24) is 0 Å². The number of anilines is 2. The standard InChI is InChI=1S/C22H25N3O3/c1-15(2)25(16-8-4-3-5-9-16)21(27)14-24-19-11-7-6-10-17(19)18(22(23)28)12-13-20(24)26/h3-11,15,18H,12-14H2,1-2H3,(H2,23,28). The van der Waals surface area contributed by atoms with Gasteiger partial charge in [0.05, 0.1) is 5.92 Å². The molecule has 0 radical (unpaired) electrons. The first-order valence-electron chi connectivity index (χ1n) is 9.46. The fraction of sp³-hybridized carbons (Fsp3) is 0.318. The van der Waals surface area contributed by atoms with E-state index in [4.69, 9.17) is 5.73 Å². The van der Waals surface area contributed by atoms with Crippen molar-refractivity contribution in [3.63, 3.8) is 0 Å². The second kappa shape index (κ2) is 8.25. The molecule has 2 N–H and O–H groups in total. The molecule has 0 bridgehead atoms. The van der Waals surface area contributed by atoms with Gasteiger partial charge in [0.1, 0.15) is 6.54 Å². The van der Waals surface area contributed by atoms with Crippen molar-refractivity contribution in [2.45, 2.75) is 38.6 Å². The summed E-state index contributed by atoms with van der Waals surface area (Å²) < 4.78 is 0. The Balaban J connectivity index is 1.95. The van der Waals surface area contributed by atoms with Gasteiger partial charge in [-0.05, 0) is 44.0 Å². The second-order valence-corrected chi connectivity index (χ2v) is 7.23. The molecule has 1 unspecified atom stereocenters. The Morgan fingerprint density at radius 2 is 1.75 bits per heavy atom. The molecule has 3 rings (SSSR count). The average molecular weight is 379 g/mol. The Hall–Kier alpha value is -3.15. The zero-order valence-electron chi connectivity index (χ0n) is 16.2. The summed E-state index contributed by atoms with van der Waals surface area (Å²) >= 11 is 0. The molecule has 1 aliphatic rings. The van der Waals surface area contributed by atoms with Crippen LogP contribution in [0.1, 0.15) is 38.2 Å². The molecule has 2 aromatic carbocycles. The summed E-state index contributed by atoms with van der Waals surface area (Å²) in [5, 5.41) is 0. The van der Waals surface area contributed by atoms with E-state index in [1.54, 1.807) is 23.1 Å². The van der Waals surface area contributed by atoms with Crippen LogP contribution in [-0.2, 0) is 14.4 Å². The number of carbonyl (C=O) groups excluding carboxylic acids is 3. The summed E-state index contributed by atoms with van der Waals surface area (Å²) in [4.78, 5) is 41.1. The molecule has 3 amide bonds. The topological polar surface area (TPSA) is 83.7 Å². The molecule has 0 saturated heterocycles. The van der Waals surface area contributed by atoms with Gasteiger partial charge in [-0.25, -0.2) is 0 Å². The predicted octanol–water partition coefficient (Wildman–Crippen LogP) is 2.82. The van der Waals surface area contributed by atoms with E-state index in [2.05, 4.69) is 0 Å². The number of rotatable bonds is 5. The number of amides is 3. The molecular weight excluding hydrogens is 354 g/mol. The molecule has 146 valence electrons. The van der Waals surface area contributed by atoms with Crippen LogP contribution >= 0.6 is 0 Å². The lowest BCUT2D eigenvalue weighted by molar-refractivity contribution is -0.123. The highest BCUT2D eigenvalue weighted by Gasteiger charge is 2.32. The average Bonchev–Trinajstić information content (AvgIpc) is 2.80. The third-order valence-corrected chi connectivity index (χ3v) is 5.01. The molecule has 6 nitrogen and oxygen atoms in total. The Labute approximate surface area is 164 Å². The van der Waals surface area contributed by atoms with Crippen molar-refractivity contribution in [3.8, 4) is 0 Å². The normalized spacial score (nSPS) is 16.5.